The van der Waals surface area contributed by atoms with Crippen LogP contribution in [0.1, 0.15) is 5.56 Å². The second-order valence-corrected chi connectivity index (χ2v) is 5.49. The van der Waals surface area contributed by atoms with E-state index in [-0.39, 0.29) is 4.90 Å². The Morgan fingerprint density at radius 3 is 2.26 bits per heavy atom. The number of anilines is 1. The number of hydrogen-bond acceptors (Lipinski definition) is 4. The summed E-state index contributed by atoms with van der Waals surface area (Å²) in [6.07, 6.45) is 1.44. The van der Waals surface area contributed by atoms with Crippen molar-refractivity contribution in [1.82, 2.24) is 4.83 Å². The van der Waals surface area contributed by atoms with E-state index in [1.165, 1.54) is 30.5 Å². The third-order valence-electron chi connectivity index (χ3n) is 2.38. The topological polar surface area (TPSA) is 84.5 Å². The van der Waals surface area contributed by atoms with E-state index in [1.54, 1.807) is 0 Å². The lowest BCUT2D eigenvalue weighted by molar-refractivity contribution is 0.584. The maximum Gasteiger partial charge on any atom is 0.276 e. The maximum atomic E-state index is 11.9. The molecule has 0 saturated carbocycles. The number of hydrazone groups is 1. The van der Waals surface area contributed by atoms with Crippen LogP contribution in [0.25, 0.3) is 0 Å². The molecule has 0 amide bonds. The molecule has 2 aromatic rings. The minimum Gasteiger partial charge on any atom is -0.399 e. The van der Waals surface area contributed by atoms with Crippen LogP contribution in [0.5, 0.6) is 0 Å². The van der Waals surface area contributed by atoms with Crippen molar-refractivity contribution in [2.24, 2.45) is 5.10 Å². The monoisotopic (exact) mass is 275 g/mol. The summed E-state index contributed by atoms with van der Waals surface area (Å²) in [5, 5.41) is 3.72. The predicted octanol–water partition coefficient (Wildman–Crippen LogP) is 1.58. The largest absolute Gasteiger partial charge is 0.399 e. The van der Waals surface area contributed by atoms with Crippen LogP contribution in [0, 0.1) is 0 Å². The fourth-order valence-electron chi connectivity index (χ4n) is 1.41. The molecule has 0 aliphatic carbocycles. The number of benzene rings is 2. The Hall–Kier alpha value is -2.34. The number of rotatable bonds is 4. The van der Waals surface area contributed by atoms with Crippen molar-refractivity contribution >= 4 is 21.9 Å². The molecule has 0 aliphatic heterocycles. The maximum absolute atomic E-state index is 11.9. The van der Waals surface area contributed by atoms with Crippen LogP contribution in [0.4, 0.5) is 5.69 Å². The number of hydrogen-bond donors (Lipinski definition) is 2. The van der Waals surface area contributed by atoms with Crippen molar-refractivity contribution in [3.8, 4) is 0 Å². The molecule has 6 heteroatoms. The first-order valence-electron chi connectivity index (χ1n) is 5.53. The highest BCUT2D eigenvalue weighted by molar-refractivity contribution is 7.89. The first-order valence-corrected chi connectivity index (χ1v) is 7.02. The van der Waals surface area contributed by atoms with Crippen LogP contribution >= 0.6 is 0 Å². The quantitative estimate of drug-likeness (QED) is 0.505. The number of nitrogens with zero attached hydrogens (tertiary/aromatic N) is 1. The normalized spacial score (nSPS) is 11.6. The van der Waals surface area contributed by atoms with Crippen molar-refractivity contribution in [1.29, 1.82) is 0 Å². The smallest absolute Gasteiger partial charge is 0.276 e. The predicted molar refractivity (Wildman–Crippen MR) is 75.2 cm³/mol. The highest BCUT2D eigenvalue weighted by atomic mass is 32.2. The van der Waals surface area contributed by atoms with E-state index < -0.39 is 10.0 Å². The van der Waals surface area contributed by atoms with Crippen molar-refractivity contribution < 1.29 is 8.42 Å². The van der Waals surface area contributed by atoms with E-state index in [2.05, 4.69) is 9.93 Å². The minimum absolute atomic E-state index is 0.118. The summed E-state index contributed by atoms with van der Waals surface area (Å²) >= 11 is 0. The first-order chi connectivity index (χ1) is 9.08. The van der Waals surface area contributed by atoms with Gasteiger partial charge in [-0.2, -0.15) is 13.5 Å². The summed E-state index contributed by atoms with van der Waals surface area (Å²) in [6.45, 7) is 0. The molecule has 0 radical (unpaired) electrons. The van der Waals surface area contributed by atoms with Gasteiger partial charge in [-0.25, -0.2) is 4.83 Å². The van der Waals surface area contributed by atoms with Gasteiger partial charge in [0, 0.05) is 5.69 Å². The van der Waals surface area contributed by atoms with E-state index in [0.717, 1.165) is 5.56 Å². The molecular formula is C13H13N3O2S. The molecule has 0 aromatic heterocycles. The zero-order valence-electron chi connectivity index (χ0n) is 10.0. The third kappa shape index (κ3) is 3.56. The Labute approximate surface area is 111 Å². The van der Waals surface area contributed by atoms with Gasteiger partial charge in [-0.3, -0.25) is 0 Å². The summed E-state index contributed by atoms with van der Waals surface area (Å²) in [5.74, 6) is 0. The SMILES string of the molecule is Nc1ccc(S(=O)(=O)N/N=C\c2ccccc2)cc1. The van der Waals surface area contributed by atoms with Crippen LogP contribution in [0.15, 0.2) is 64.6 Å². The molecule has 0 saturated heterocycles. The zero-order valence-corrected chi connectivity index (χ0v) is 10.8. The van der Waals surface area contributed by atoms with E-state index >= 15 is 0 Å². The molecule has 5 nitrogen and oxygen atoms in total. The number of sulfonamides is 1. The summed E-state index contributed by atoms with van der Waals surface area (Å²) in [5.41, 5.74) is 6.82. The first kappa shape index (κ1) is 13.1. The Morgan fingerprint density at radius 1 is 1.00 bits per heavy atom. The van der Waals surface area contributed by atoms with Gasteiger partial charge in [0.25, 0.3) is 10.0 Å². The summed E-state index contributed by atoms with van der Waals surface area (Å²) in [4.78, 5) is 2.26. The molecular weight excluding hydrogens is 262 g/mol. The van der Waals surface area contributed by atoms with Crippen LogP contribution in [-0.4, -0.2) is 14.6 Å². The van der Waals surface area contributed by atoms with Gasteiger partial charge in [0.2, 0.25) is 0 Å². The lowest BCUT2D eigenvalue weighted by atomic mass is 10.2. The van der Waals surface area contributed by atoms with Crippen LogP contribution in [0.2, 0.25) is 0 Å². The molecule has 0 atom stereocenters. The molecule has 0 unspecified atom stereocenters. The van der Waals surface area contributed by atoms with Gasteiger partial charge in [-0.05, 0) is 29.8 Å². The lowest BCUT2D eigenvalue weighted by Crippen LogP contribution is -2.18. The van der Waals surface area contributed by atoms with Crippen molar-refractivity contribution in [2.75, 3.05) is 5.73 Å². The Bertz CT molecular complexity index is 665. The average Bonchev–Trinajstić information content (AvgIpc) is 2.40. The molecule has 2 rings (SSSR count). The summed E-state index contributed by atoms with van der Waals surface area (Å²) < 4.78 is 23.7. The molecule has 2 aromatic carbocycles. The average molecular weight is 275 g/mol. The van der Waals surface area contributed by atoms with Crippen molar-refractivity contribution in [2.45, 2.75) is 4.90 Å². The summed E-state index contributed by atoms with van der Waals surface area (Å²) in [6, 6.07) is 15.1. The van der Waals surface area contributed by atoms with E-state index in [9.17, 15) is 8.42 Å². The molecule has 98 valence electrons. The fraction of sp³-hybridized carbons (Fsp3) is 0. The number of nitrogen functional groups attached to an aromatic ring is 1. The number of nitrogens with two attached hydrogens (primary N) is 1. The highest BCUT2D eigenvalue weighted by Crippen LogP contribution is 2.11. The van der Waals surface area contributed by atoms with Gasteiger partial charge in [0.15, 0.2) is 0 Å². The molecule has 0 spiro atoms. The lowest BCUT2D eigenvalue weighted by Gasteiger charge is -2.03. The van der Waals surface area contributed by atoms with Gasteiger partial charge in [0.1, 0.15) is 0 Å². The second kappa shape index (κ2) is 5.53. The number of nitrogens with one attached hydrogen (secondary N) is 1. The van der Waals surface area contributed by atoms with Crippen LogP contribution < -0.4 is 10.6 Å². The van der Waals surface area contributed by atoms with Crippen molar-refractivity contribution in [3.05, 3.63) is 60.2 Å². The van der Waals surface area contributed by atoms with E-state index in [1.807, 2.05) is 30.3 Å². The zero-order chi connectivity index (χ0) is 13.7. The standard InChI is InChI=1S/C13H13N3O2S/c14-12-6-8-13(9-7-12)19(17,18)16-15-10-11-4-2-1-3-5-11/h1-10,16H,14H2/b15-10-. The van der Waals surface area contributed by atoms with Crippen molar-refractivity contribution in [3.63, 3.8) is 0 Å². The third-order valence-corrected chi connectivity index (χ3v) is 3.62. The van der Waals surface area contributed by atoms with Gasteiger partial charge in [-0.15, -0.1) is 0 Å². The van der Waals surface area contributed by atoms with Gasteiger partial charge < -0.3 is 5.73 Å². The second-order valence-electron chi connectivity index (χ2n) is 3.83. The Morgan fingerprint density at radius 2 is 1.63 bits per heavy atom. The molecule has 0 heterocycles. The van der Waals surface area contributed by atoms with E-state index in [4.69, 9.17) is 5.73 Å². The molecule has 0 bridgehead atoms. The van der Waals surface area contributed by atoms with Gasteiger partial charge >= 0.3 is 0 Å². The molecule has 0 aliphatic rings. The minimum atomic E-state index is -3.65. The van der Waals surface area contributed by atoms with E-state index in [0.29, 0.717) is 5.69 Å². The fourth-order valence-corrected chi connectivity index (χ4v) is 2.20. The Balaban J connectivity index is 2.10. The summed E-state index contributed by atoms with van der Waals surface area (Å²) in [7, 11) is -3.65. The molecule has 0 fully saturated rings. The Kier molecular flexibility index (Phi) is 3.82. The van der Waals surface area contributed by atoms with Crippen LogP contribution in [0.3, 0.4) is 0 Å². The van der Waals surface area contributed by atoms with Crippen LogP contribution in [-0.2, 0) is 10.0 Å². The van der Waals surface area contributed by atoms with Gasteiger partial charge in [0.05, 0.1) is 11.1 Å². The highest BCUT2D eigenvalue weighted by Gasteiger charge is 2.11. The molecule has 19 heavy (non-hydrogen) atoms. The van der Waals surface area contributed by atoms with Gasteiger partial charge in [-0.1, -0.05) is 30.3 Å². The molecule has 3 N–H and O–H groups in total.